The van der Waals surface area contributed by atoms with Crippen LogP contribution in [-0.4, -0.2) is 21.1 Å². The molecule has 3 heteroatoms. The second-order valence-corrected chi connectivity index (χ2v) is 5.06. The van der Waals surface area contributed by atoms with Gasteiger partial charge in [-0.15, -0.1) is 0 Å². The molecule has 0 fully saturated rings. The second kappa shape index (κ2) is 5.50. The van der Waals surface area contributed by atoms with Crippen molar-refractivity contribution >= 4 is 25.5 Å². The van der Waals surface area contributed by atoms with Crippen molar-refractivity contribution in [3.8, 4) is 0 Å². The van der Waals surface area contributed by atoms with E-state index in [9.17, 15) is 4.79 Å². The van der Waals surface area contributed by atoms with E-state index < -0.39 is 0 Å². The van der Waals surface area contributed by atoms with E-state index in [1.807, 2.05) is 60.7 Å². The minimum atomic E-state index is -0.00977. The number of hydrogen-bond donors (Lipinski definition) is 1. The Labute approximate surface area is 101 Å². The van der Waals surface area contributed by atoms with Crippen LogP contribution in [0.3, 0.4) is 0 Å². The van der Waals surface area contributed by atoms with Crippen LogP contribution < -0.4 is 8.79 Å². The SMILES string of the molecule is O=C(N[Se]c1ccccc1)c1ccccc1. The van der Waals surface area contributed by atoms with Crippen molar-refractivity contribution in [1.29, 1.82) is 0 Å². The van der Waals surface area contributed by atoms with Crippen molar-refractivity contribution in [2.75, 3.05) is 0 Å². The second-order valence-electron chi connectivity index (χ2n) is 3.21. The molecular formula is C13H11NOSe. The van der Waals surface area contributed by atoms with E-state index in [-0.39, 0.29) is 21.1 Å². The number of hydrogen-bond acceptors (Lipinski definition) is 1. The molecular weight excluding hydrogens is 265 g/mol. The van der Waals surface area contributed by atoms with Gasteiger partial charge in [0.1, 0.15) is 0 Å². The quantitative estimate of drug-likeness (QED) is 0.843. The Balaban J connectivity index is 1.95. The number of carbonyl (C=O) groups is 1. The monoisotopic (exact) mass is 277 g/mol. The zero-order chi connectivity index (χ0) is 11.2. The molecule has 0 bridgehead atoms. The molecule has 80 valence electrons. The fourth-order valence-electron chi connectivity index (χ4n) is 1.24. The molecule has 2 aromatic carbocycles. The standard InChI is InChI=1S/C13H11NOSe/c15-13(11-7-3-1-4-8-11)14-16-12-9-5-2-6-10-12/h1-10H,(H,14,15). The molecule has 1 N–H and O–H groups in total. The van der Waals surface area contributed by atoms with Crippen LogP contribution in [0.15, 0.2) is 60.7 Å². The maximum absolute atomic E-state index is 11.7. The van der Waals surface area contributed by atoms with Gasteiger partial charge < -0.3 is 0 Å². The van der Waals surface area contributed by atoms with Gasteiger partial charge in [-0.25, -0.2) is 0 Å². The molecule has 1 amide bonds. The van der Waals surface area contributed by atoms with Gasteiger partial charge in [-0.2, -0.15) is 0 Å². The fraction of sp³-hybridized carbons (Fsp3) is 0. The number of benzene rings is 2. The maximum atomic E-state index is 11.7. The summed E-state index contributed by atoms with van der Waals surface area (Å²) in [6, 6.07) is 19.2. The Morgan fingerprint density at radius 2 is 1.44 bits per heavy atom. The third-order valence-electron chi connectivity index (χ3n) is 2.04. The average Bonchev–Trinajstić information content (AvgIpc) is 2.38. The van der Waals surface area contributed by atoms with Crippen molar-refractivity contribution in [1.82, 2.24) is 4.33 Å². The molecule has 0 aliphatic rings. The summed E-state index contributed by atoms with van der Waals surface area (Å²) < 4.78 is 4.10. The van der Waals surface area contributed by atoms with E-state index in [1.165, 1.54) is 4.46 Å². The van der Waals surface area contributed by atoms with Gasteiger partial charge in [0.05, 0.1) is 0 Å². The summed E-state index contributed by atoms with van der Waals surface area (Å²) in [5.74, 6) is -0.00977. The van der Waals surface area contributed by atoms with E-state index in [4.69, 9.17) is 0 Å². The van der Waals surface area contributed by atoms with Gasteiger partial charge in [0, 0.05) is 0 Å². The summed E-state index contributed by atoms with van der Waals surface area (Å²) in [5.41, 5.74) is 0.709. The van der Waals surface area contributed by atoms with Crippen molar-refractivity contribution in [2.45, 2.75) is 0 Å². The molecule has 2 aromatic rings. The van der Waals surface area contributed by atoms with Crippen LogP contribution in [-0.2, 0) is 0 Å². The van der Waals surface area contributed by atoms with Gasteiger partial charge in [0.15, 0.2) is 0 Å². The Hall–Kier alpha value is -1.57. The number of amides is 1. The zero-order valence-electron chi connectivity index (χ0n) is 8.59. The van der Waals surface area contributed by atoms with Crippen LogP contribution in [0, 0.1) is 0 Å². The van der Waals surface area contributed by atoms with Crippen LogP contribution in [0.4, 0.5) is 0 Å². The molecule has 2 nitrogen and oxygen atoms in total. The molecule has 0 heterocycles. The molecule has 0 atom stereocenters. The van der Waals surface area contributed by atoms with Gasteiger partial charge in [0.2, 0.25) is 0 Å². The van der Waals surface area contributed by atoms with Crippen LogP contribution in [0.5, 0.6) is 0 Å². The topological polar surface area (TPSA) is 29.1 Å². The summed E-state index contributed by atoms with van der Waals surface area (Å²) in [7, 11) is 0. The molecule has 0 unspecified atom stereocenters. The number of nitrogens with one attached hydrogen (secondary N) is 1. The van der Waals surface area contributed by atoms with Gasteiger partial charge in [-0.05, 0) is 0 Å². The first kappa shape index (κ1) is 10.9. The Kier molecular flexibility index (Phi) is 3.75. The number of carbonyl (C=O) groups excluding carboxylic acids is 1. The molecule has 0 saturated heterocycles. The molecule has 0 radical (unpaired) electrons. The van der Waals surface area contributed by atoms with E-state index in [1.54, 1.807) is 0 Å². The predicted octanol–water partition coefficient (Wildman–Crippen LogP) is 1.36. The Bertz CT molecular complexity index is 456. The van der Waals surface area contributed by atoms with Gasteiger partial charge in [-0.3, -0.25) is 0 Å². The van der Waals surface area contributed by atoms with Crippen molar-refractivity contribution in [3.63, 3.8) is 0 Å². The molecule has 16 heavy (non-hydrogen) atoms. The molecule has 2 rings (SSSR count). The third-order valence-corrected chi connectivity index (χ3v) is 3.71. The summed E-state index contributed by atoms with van der Waals surface area (Å²) >= 11 is -0.00577. The molecule has 0 saturated carbocycles. The van der Waals surface area contributed by atoms with Crippen LogP contribution in [0.1, 0.15) is 10.4 Å². The normalized spacial score (nSPS) is 9.75. The molecule has 0 aliphatic heterocycles. The van der Waals surface area contributed by atoms with Crippen molar-refractivity contribution in [2.24, 2.45) is 0 Å². The molecule has 0 aromatic heterocycles. The number of rotatable bonds is 3. The zero-order valence-corrected chi connectivity index (χ0v) is 10.3. The van der Waals surface area contributed by atoms with Gasteiger partial charge >= 0.3 is 101 Å². The van der Waals surface area contributed by atoms with Crippen molar-refractivity contribution in [3.05, 3.63) is 66.2 Å². The Morgan fingerprint density at radius 1 is 0.875 bits per heavy atom. The third kappa shape index (κ3) is 2.96. The van der Waals surface area contributed by atoms with Crippen LogP contribution >= 0.6 is 0 Å². The summed E-state index contributed by atoms with van der Waals surface area (Å²) in [4.78, 5) is 11.7. The first-order valence-corrected chi connectivity index (χ1v) is 6.65. The van der Waals surface area contributed by atoms with E-state index in [2.05, 4.69) is 4.33 Å². The minimum absolute atomic E-state index is 0.00577. The Morgan fingerprint density at radius 3 is 2.06 bits per heavy atom. The van der Waals surface area contributed by atoms with Crippen molar-refractivity contribution < 1.29 is 4.79 Å². The average molecular weight is 276 g/mol. The van der Waals surface area contributed by atoms with E-state index in [0.29, 0.717) is 5.56 Å². The van der Waals surface area contributed by atoms with Gasteiger partial charge in [-0.1, -0.05) is 0 Å². The van der Waals surface area contributed by atoms with E-state index in [0.717, 1.165) is 0 Å². The summed E-state index contributed by atoms with van der Waals surface area (Å²) in [6.07, 6.45) is 0. The molecule has 0 spiro atoms. The van der Waals surface area contributed by atoms with Gasteiger partial charge in [0.25, 0.3) is 0 Å². The predicted molar refractivity (Wildman–Crippen MR) is 65.7 cm³/mol. The fourth-order valence-corrected chi connectivity index (χ4v) is 2.55. The summed E-state index contributed by atoms with van der Waals surface area (Å²) in [6.45, 7) is 0. The first-order valence-electron chi connectivity index (χ1n) is 4.93. The first-order chi connectivity index (χ1) is 7.86. The van der Waals surface area contributed by atoms with Crippen LogP contribution in [0.2, 0.25) is 0 Å². The summed E-state index contributed by atoms with van der Waals surface area (Å²) in [5, 5.41) is 0. The van der Waals surface area contributed by atoms with Crippen LogP contribution in [0.25, 0.3) is 0 Å². The van der Waals surface area contributed by atoms with E-state index >= 15 is 0 Å². The molecule has 0 aliphatic carbocycles.